The Hall–Kier alpha value is -1.23. The molecule has 0 radical (unpaired) electrons. The maximum absolute atomic E-state index is 10.6. The minimum Gasteiger partial charge on any atom is -0.381 e. The zero-order chi connectivity index (χ0) is 12.4. The van der Waals surface area contributed by atoms with E-state index in [1.54, 1.807) is 18.2 Å². The average Bonchev–Trinajstić information content (AvgIpc) is 2.67. The van der Waals surface area contributed by atoms with Gasteiger partial charge in [0.25, 0.3) is 5.69 Å². The normalized spacial score (nSPS) is 23.6. The lowest BCUT2D eigenvalue weighted by Crippen LogP contribution is -2.19. The predicted octanol–water partition coefficient (Wildman–Crippen LogP) is 3.21. The highest BCUT2D eigenvalue weighted by Gasteiger charge is 2.22. The first kappa shape index (κ1) is 12.2. The van der Waals surface area contributed by atoms with Crippen LogP contribution in [0.4, 0.5) is 11.4 Å². The molecule has 1 fully saturated rings. The molecule has 0 aromatic heterocycles. The van der Waals surface area contributed by atoms with E-state index in [-0.39, 0.29) is 10.6 Å². The van der Waals surface area contributed by atoms with E-state index in [0.717, 1.165) is 23.4 Å². The molecule has 92 valence electrons. The summed E-state index contributed by atoms with van der Waals surface area (Å²) in [6, 6.07) is 5.46. The molecule has 0 spiro atoms. The first-order valence-electron chi connectivity index (χ1n) is 5.69. The fraction of sp³-hybridized carbons (Fsp3) is 0.500. The van der Waals surface area contributed by atoms with Gasteiger partial charge in [0.05, 0.1) is 4.92 Å². The van der Waals surface area contributed by atoms with Crippen molar-refractivity contribution >= 4 is 23.1 Å². The van der Waals surface area contributed by atoms with Crippen LogP contribution >= 0.6 is 11.8 Å². The Balaban J connectivity index is 2.09. The number of thioether (sulfide) groups is 1. The molecule has 1 aliphatic heterocycles. The van der Waals surface area contributed by atoms with Crippen molar-refractivity contribution in [1.29, 1.82) is 0 Å². The van der Waals surface area contributed by atoms with Crippen molar-refractivity contribution in [3.63, 3.8) is 0 Å². The fourth-order valence-electron chi connectivity index (χ4n) is 2.06. The number of hydrogen-bond donors (Lipinski definition) is 1. The number of nitrogens with zero attached hydrogens (tertiary/aromatic N) is 1. The van der Waals surface area contributed by atoms with Gasteiger partial charge in [0.2, 0.25) is 0 Å². The van der Waals surface area contributed by atoms with Crippen molar-refractivity contribution in [2.24, 2.45) is 0 Å². The second kappa shape index (κ2) is 4.96. The second-order valence-electron chi connectivity index (χ2n) is 4.48. The van der Waals surface area contributed by atoms with Crippen molar-refractivity contribution < 1.29 is 4.92 Å². The summed E-state index contributed by atoms with van der Waals surface area (Å²) in [6.07, 6.45) is 1.15. The molecule has 4 nitrogen and oxygen atoms in total. The fourth-order valence-corrected chi connectivity index (χ4v) is 3.21. The third kappa shape index (κ3) is 2.91. The van der Waals surface area contributed by atoms with Crippen LogP contribution in [0.5, 0.6) is 0 Å². The Morgan fingerprint density at radius 1 is 1.53 bits per heavy atom. The maximum atomic E-state index is 10.6. The molecule has 2 atom stereocenters. The number of nitro groups is 1. The van der Waals surface area contributed by atoms with Crippen LogP contribution < -0.4 is 5.32 Å². The number of hydrogen-bond acceptors (Lipinski definition) is 4. The Morgan fingerprint density at radius 3 is 2.82 bits per heavy atom. The van der Waals surface area contributed by atoms with Gasteiger partial charge in [-0.3, -0.25) is 10.1 Å². The van der Waals surface area contributed by atoms with Crippen molar-refractivity contribution in [3.8, 4) is 0 Å². The molecule has 1 aromatic rings. The van der Waals surface area contributed by atoms with Gasteiger partial charge in [-0.15, -0.1) is 0 Å². The van der Waals surface area contributed by atoms with Crippen LogP contribution in [0.1, 0.15) is 18.9 Å². The van der Waals surface area contributed by atoms with Crippen molar-refractivity contribution in [3.05, 3.63) is 33.9 Å². The number of benzene rings is 1. The molecule has 5 heteroatoms. The van der Waals surface area contributed by atoms with Crippen LogP contribution in [0.3, 0.4) is 0 Å². The van der Waals surface area contributed by atoms with Crippen LogP contribution in [0.25, 0.3) is 0 Å². The van der Waals surface area contributed by atoms with Gasteiger partial charge in [-0.2, -0.15) is 11.8 Å². The lowest BCUT2D eigenvalue weighted by atomic mass is 10.1. The quantitative estimate of drug-likeness (QED) is 0.663. The summed E-state index contributed by atoms with van der Waals surface area (Å²) >= 11 is 1.97. The smallest absolute Gasteiger partial charge is 0.269 e. The number of nitrogens with one attached hydrogen (secondary N) is 1. The van der Waals surface area contributed by atoms with Crippen molar-refractivity contribution in [2.75, 3.05) is 11.1 Å². The average molecular weight is 252 g/mol. The van der Waals surface area contributed by atoms with E-state index >= 15 is 0 Å². The molecule has 0 amide bonds. The molecule has 1 aliphatic rings. The molecule has 1 N–H and O–H groups in total. The standard InChI is InChI=1S/C12H16N2O2S/c1-8-5-11(14(15)16)3-4-12(8)13-10-6-9(2)17-7-10/h3-5,9-10,13H,6-7H2,1-2H3. The second-order valence-corrected chi connectivity index (χ2v) is 5.95. The molecule has 2 unspecified atom stereocenters. The Labute approximate surface area is 105 Å². The molecule has 2 rings (SSSR count). The summed E-state index contributed by atoms with van der Waals surface area (Å²) in [5.74, 6) is 1.11. The Morgan fingerprint density at radius 2 is 2.29 bits per heavy atom. The van der Waals surface area contributed by atoms with E-state index in [0.29, 0.717) is 11.3 Å². The molecular formula is C12H16N2O2S. The van der Waals surface area contributed by atoms with Crippen LogP contribution in [0.15, 0.2) is 18.2 Å². The summed E-state index contributed by atoms with van der Waals surface area (Å²) in [4.78, 5) is 10.3. The predicted molar refractivity (Wildman–Crippen MR) is 71.8 cm³/mol. The summed E-state index contributed by atoms with van der Waals surface area (Å²) in [6.45, 7) is 4.13. The lowest BCUT2D eigenvalue weighted by molar-refractivity contribution is -0.384. The number of nitro benzene ring substituents is 1. The monoisotopic (exact) mass is 252 g/mol. The number of aryl methyl sites for hydroxylation is 1. The number of rotatable bonds is 3. The van der Waals surface area contributed by atoms with E-state index in [9.17, 15) is 10.1 Å². The minimum atomic E-state index is -0.357. The van der Waals surface area contributed by atoms with Gasteiger partial charge in [-0.1, -0.05) is 6.92 Å². The summed E-state index contributed by atoms with van der Waals surface area (Å²) in [5.41, 5.74) is 2.10. The highest BCUT2D eigenvalue weighted by molar-refractivity contribution is 8.00. The first-order valence-corrected chi connectivity index (χ1v) is 6.74. The number of anilines is 1. The molecule has 0 aliphatic carbocycles. The molecule has 1 saturated heterocycles. The van der Waals surface area contributed by atoms with Gasteiger partial charge in [0, 0.05) is 34.9 Å². The molecule has 1 aromatic carbocycles. The molecule has 1 heterocycles. The third-order valence-corrected chi connectivity index (χ3v) is 4.34. The van der Waals surface area contributed by atoms with Gasteiger partial charge in [-0.25, -0.2) is 0 Å². The van der Waals surface area contributed by atoms with E-state index in [2.05, 4.69) is 12.2 Å². The van der Waals surface area contributed by atoms with Crippen LogP contribution in [0, 0.1) is 17.0 Å². The largest absolute Gasteiger partial charge is 0.381 e. The lowest BCUT2D eigenvalue weighted by Gasteiger charge is -2.15. The molecular weight excluding hydrogens is 236 g/mol. The minimum absolute atomic E-state index is 0.155. The van der Waals surface area contributed by atoms with Crippen LogP contribution in [-0.2, 0) is 0 Å². The first-order chi connectivity index (χ1) is 8.06. The highest BCUT2D eigenvalue weighted by Crippen LogP contribution is 2.30. The van der Waals surface area contributed by atoms with Gasteiger partial charge in [0.1, 0.15) is 0 Å². The molecule has 0 bridgehead atoms. The van der Waals surface area contributed by atoms with E-state index in [4.69, 9.17) is 0 Å². The van der Waals surface area contributed by atoms with Gasteiger partial charge >= 0.3 is 0 Å². The van der Waals surface area contributed by atoms with E-state index < -0.39 is 0 Å². The van der Waals surface area contributed by atoms with Crippen molar-refractivity contribution in [1.82, 2.24) is 0 Å². The van der Waals surface area contributed by atoms with Gasteiger partial charge in [-0.05, 0) is 25.0 Å². The maximum Gasteiger partial charge on any atom is 0.269 e. The Kier molecular flexibility index (Phi) is 3.57. The van der Waals surface area contributed by atoms with Gasteiger partial charge in [0.15, 0.2) is 0 Å². The SMILES string of the molecule is Cc1cc([N+](=O)[O-])ccc1NC1CSC(C)C1. The summed E-state index contributed by atoms with van der Waals surface area (Å²) in [7, 11) is 0. The van der Waals surface area contributed by atoms with E-state index in [1.165, 1.54) is 0 Å². The zero-order valence-corrected chi connectivity index (χ0v) is 10.8. The molecule has 0 saturated carbocycles. The van der Waals surface area contributed by atoms with Crippen LogP contribution in [-0.4, -0.2) is 22.0 Å². The van der Waals surface area contributed by atoms with Crippen molar-refractivity contribution in [2.45, 2.75) is 31.6 Å². The third-order valence-electron chi connectivity index (χ3n) is 2.98. The summed E-state index contributed by atoms with van der Waals surface area (Å²) < 4.78 is 0. The van der Waals surface area contributed by atoms with E-state index in [1.807, 2.05) is 18.7 Å². The summed E-state index contributed by atoms with van der Waals surface area (Å²) in [5, 5.41) is 14.8. The van der Waals surface area contributed by atoms with Gasteiger partial charge < -0.3 is 5.32 Å². The Bertz CT molecular complexity index is 437. The highest BCUT2D eigenvalue weighted by atomic mass is 32.2. The zero-order valence-electron chi connectivity index (χ0n) is 9.97. The number of non-ortho nitro benzene ring substituents is 1. The van der Waals surface area contributed by atoms with Crippen LogP contribution in [0.2, 0.25) is 0 Å². The molecule has 17 heavy (non-hydrogen) atoms. The topological polar surface area (TPSA) is 55.2 Å².